The first-order chi connectivity index (χ1) is 8.29. The van der Waals surface area contributed by atoms with Gasteiger partial charge in [0.15, 0.2) is 9.84 Å². The van der Waals surface area contributed by atoms with Gasteiger partial charge in [-0.1, -0.05) is 18.2 Å². The fraction of sp³-hybridized carbons (Fsp3) is 0.429. The minimum Gasteiger partial charge on any atom is -0.341 e. The van der Waals surface area contributed by atoms with Crippen LogP contribution in [0, 0.1) is 6.92 Å². The molecule has 0 saturated carbocycles. The summed E-state index contributed by atoms with van der Waals surface area (Å²) in [5.41, 5.74) is 3.20. The molecule has 1 heterocycles. The van der Waals surface area contributed by atoms with Crippen molar-refractivity contribution in [3.05, 3.63) is 35.5 Å². The first-order valence-electron chi connectivity index (χ1n) is 6.07. The van der Waals surface area contributed by atoms with Gasteiger partial charge in [0.1, 0.15) is 0 Å². The molecule has 0 unspecified atom stereocenters. The molecule has 2 rings (SSSR count). The molecule has 0 amide bonds. The van der Waals surface area contributed by atoms with Crippen molar-refractivity contribution in [2.45, 2.75) is 32.6 Å². The summed E-state index contributed by atoms with van der Waals surface area (Å²) in [5, 5.41) is 1.11. The van der Waals surface area contributed by atoms with Gasteiger partial charge >= 0.3 is 0 Å². The van der Waals surface area contributed by atoms with Crippen molar-refractivity contribution in [3.8, 4) is 0 Å². The van der Waals surface area contributed by atoms with E-state index in [-0.39, 0.29) is 11.8 Å². The van der Waals surface area contributed by atoms with Crippen LogP contribution in [0.25, 0.3) is 10.9 Å². The maximum atomic E-state index is 11.5. The largest absolute Gasteiger partial charge is 0.341 e. The Hall–Kier alpha value is -1.29. The predicted molar refractivity (Wildman–Crippen MR) is 75.6 cm³/mol. The maximum Gasteiger partial charge on any atom is 0.153 e. The molecule has 4 heteroatoms. The van der Waals surface area contributed by atoms with E-state index in [2.05, 4.69) is 31.4 Å². The third kappa shape index (κ3) is 2.43. The molecule has 0 N–H and O–H groups in total. The van der Waals surface area contributed by atoms with Gasteiger partial charge in [0.05, 0.1) is 11.3 Å². The second-order valence-electron chi connectivity index (χ2n) is 5.18. The van der Waals surface area contributed by atoms with Crippen LogP contribution < -0.4 is 0 Å². The first kappa shape index (κ1) is 13.1. The first-order valence-corrected chi connectivity index (χ1v) is 8.13. The van der Waals surface area contributed by atoms with E-state index < -0.39 is 9.84 Å². The van der Waals surface area contributed by atoms with Crippen molar-refractivity contribution in [2.75, 3.05) is 6.26 Å². The zero-order valence-electron chi connectivity index (χ0n) is 11.3. The molecule has 0 spiro atoms. The second kappa shape index (κ2) is 4.43. The van der Waals surface area contributed by atoms with Crippen molar-refractivity contribution in [2.24, 2.45) is 0 Å². The second-order valence-corrected chi connectivity index (χ2v) is 7.32. The normalized spacial score (nSPS) is 12.5. The van der Waals surface area contributed by atoms with Gasteiger partial charge in [-0.15, -0.1) is 0 Å². The molecule has 0 fully saturated rings. The maximum absolute atomic E-state index is 11.5. The van der Waals surface area contributed by atoms with Crippen LogP contribution in [0.15, 0.2) is 24.3 Å². The van der Waals surface area contributed by atoms with E-state index >= 15 is 0 Å². The number of para-hydroxylation sites is 1. The van der Waals surface area contributed by atoms with Gasteiger partial charge in [-0.05, 0) is 32.4 Å². The Morgan fingerprint density at radius 3 is 2.50 bits per heavy atom. The van der Waals surface area contributed by atoms with Crippen LogP contribution in [-0.2, 0) is 15.6 Å². The number of hydrogen-bond acceptors (Lipinski definition) is 2. The number of hydrogen-bond donors (Lipinski definition) is 0. The number of fused-ring (bicyclic) bond motifs is 1. The SMILES string of the molecule is Cc1cccc2cc(CS(C)(=O)=O)n(C(C)C)c12. The van der Waals surface area contributed by atoms with E-state index in [9.17, 15) is 8.42 Å². The summed E-state index contributed by atoms with van der Waals surface area (Å²) in [6.45, 7) is 6.22. The molecule has 18 heavy (non-hydrogen) atoms. The highest BCUT2D eigenvalue weighted by Crippen LogP contribution is 2.27. The van der Waals surface area contributed by atoms with Crippen LogP contribution in [0.2, 0.25) is 0 Å². The lowest BCUT2D eigenvalue weighted by Gasteiger charge is -2.15. The van der Waals surface area contributed by atoms with E-state index in [0.29, 0.717) is 0 Å². The van der Waals surface area contributed by atoms with E-state index in [0.717, 1.165) is 16.6 Å². The summed E-state index contributed by atoms with van der Waals surface area (Å²) in [4.78, 5) is 0. The summed E-state index contributed by atoms with van der Waals surface area (Å²) in [6, 6.07) is 8.34. The Morgan fingerprint density at radius 1 is 1.28 bits per heavy atom. The van der Waals surface area contributed by atoms with E-state index in [1.54, 1.807) is 0 Å². The molecule has 2 aromatic rings. The van der Waals surface area contributed by atoms with Crippen molar-refractivity contribution < 1.29 is 8.42 Å². The zero-order chi connectivity index (χ0) is 13.5. The fourth-order valence-electron chi connectivity index (χ4n) is 2.49. The lowest BCUT2D eigenvalue weighted by atomic mass is 10.1. The Bertz CT molecular complexity index is 681. The van der Waals surface area contributed by atoms with Gasteiger partial charge in [-0.25, -0.2) is 8.42 Å². The van der Waals surface area contributed by atoms with Crippen LogP contribution in [0.4, 0.5) is 0 Å². The molecule has 0 aliphatic heterocycles. The Morgan fingerprint density at radius 2 is 1.94 bits per heavy atom. The average molecular weight is 265 g/mol. The van der Waals surface area contributed by atoms with Crippen LogP contribution in [0.1, 0.15) is 31.1 Å². The zero-order valence-corrected chi connectivity index (χ0v) is 12.1. The minimum atomic E-state index is -3.01. The average Bonchev–Trinajstić information content (AvgIpc) is 2.54. The number of nitrogens with zero attached hydrogens (tertiary/aromatic N) is 1. The molecular weight excluding hydrogens is 246 g/mol. The molecule has 0 radical (unpaired) electrons. The topological polar surface area (TPSA) is 39.1 Å². The highest BCUT2D eigenvalue weighted by molar-refractivity contribution is 7.89. The van der Waals surface area contributed by atoms with Crippen molar-refractivity contribution in [1.29, 1.82) is 0 Å². The van der Waals surface area contributed by atoms with Crippen LogP contribution >= 0.6 is 0 Å². The summed E-state index contributed by atoms with van der Waals surface area (Å²) < 4.78 is 25.2. The molecule has 0 atom stereocenters. The van der Waals surface area contributed by atoms with Crippen molar-refractivity contribution in [1.82, 2.24) is 4.57 Å². The van der Waals surface area contributed by atoms with Gasteiger partial charge in [0.2, 0.25) is 0 Å². The summed E-state index contributed by atoms with van der Waals surface area (Å²) in [5.74, 6) is 0.0965. The van der Waals surface area contributed by atoms with E-state index in [4.69, 9.17) is 0 Å². The van der Waals surface area contributed by atoms with Crippen LogP contribution in [0.3, 0.4) is 0 Å². The van der Waals surface area contributed by atoms with Gasteiger partial charge < -0.3 is 4.57 Å². The lowest BCUT2D eigenvalue weighted by Crippen LogP contribution is -2.10. The quantitative estimate of drug-likeness (QED) is 0.855. The Balaban J connectivity index is 2.74. The Labute approximate surface area is 108 Å². The van der Waals surface area contributed by atoms with Crippen LogP contribution in [-0.4, -0.2) is 19.2 Å². The number of sulfone groups is 1. The van der Waals surface area contributed by atoms with Gasteiger partial charge in [-0.3, -0.25) is 0 Å². The third-order valence-corrected chi connectivity index (χ3v) is 3.89. The molecule has 0 aliphatic rings. The number of benzene rings is 1. The number of aromatic nitrogens is 1. The van der Waals surface area contributed by atoms with Crippen LogP contribution in [0.5, 0.6) is 0 Å². The lowest BCUT2D eigenvalue weighted by molar-refractivity contribution is 0.584. The smallest absolute Gasteiger partial charge is 0.153 e. The van der Waals surface area contributed by atoms with E-state index in [1.165, 1.54) is 11.8 Å². The molecule has 1 aromatic carbocycles. The van der Waals surface area contributed by atoms with Gasteiger partial charge in [0.25, 0.3) is 0 Å². The minimum absolute atomic E-state index is 0.0965. The molecular formula is C14H19NO2S. The summed E-state index contributed by atoms with van der Waals surface area (Å²) >= 11 is 0. The molecule has 0 bridgehead atoms. The van der Waals surface area contributed by atoms with E-state index in [1.807, 2.05) is 18.2 Å². The van der Waals surface area contributed by atoms with Crippen molar-refractivity contribution in [3.63, 3.8) is 0 Å². The predicted octanol–water partition coefficient (Wildman–Crippen LogP) is 3.08. The molecule has 0 saturated heterocycles. The monoisotopic (exact) mass is 265 g/mol. The number of aryl methyl sites for hydroxylation is 1. The highest BCUT2D eigenvalue weighted by Gasteiger charge is 2.16. The standard InChI is InChI=1S/C14H19NO2S/c1-10(2)15-13(9-18(4,16)17)8-12-7-5-6-11(3)14(12)15/h5-8,10H,9H2,1-4H3. The number of rotatable bonds is 3. The molecule has 3 nitrogen and oxygen atoms in total. The Kier molecular flexibility index (Phi) is 3.23. The van der Waals surface area contributed by atoms with Gasteiger partial charge in [0, 0.05) is 23.4 Å². The highest BCUT2D eigenvalue weighted by atomic mass is 32.2. The molecule has 98 valence electrons. The summed E-state index contributed by atoms with van der Waals surface area (Å²) in [7, 11) is -3.01. The summed E-state index contributed by atoms with van der Waals surface area (Å²) in [6.07, 6.45) is 1.28. The molecule has 0 aliphatic carbocycles. The molecule has 1 aromatic heterocycles. The van der Waals surface area contributed by atoms with Gasteiger partial charge in [-0.2, -0.15) is 0 Å². The third-order valence-electron chi connectivity index (χ3n) is 3.07. The fourth-order valence-corrected chi connectivity index (χ4v) is 3.25. The van der Waals surface area contributed by atoms with Crippen molar-refractivity contribution >= 4 is 20.7 Å².